The molecule has 2 aliphatic heterocycles. The van der Waals surface area contributed by atoms with Gasteiger partial charge >= 0.3 is 0 Å². The van der Waals surface area contributed by atoms with E-state index in [1.807, 2.05) is 79.7 Å². The molecule has 2 aliphatic rings. The monoisotopic (exact) mass is 588 g/mol. The van der Waals surface area contributed by atoms with E-state index in [4.69, 9.17) is 4.74 Å². The lowest BCUT2D eigenvalue weighted by atomic mass is 10.0. The molecular formula is C38H28N4OS. The van der Waals surface area contributed by atoms with Crippen molar-refractivity contribution in [3.8, 4) is 12.1 Å². The number of para-hydroxylation sites is 2. The predicted octanol–water partition coefficient (Wildman–Crippen LogP) is 9.56. The molecule has 0 unspecified atom stereocenters. The molecular weight excluding hydrogens is 561 g/mol. The van der Waals surface area contributed by atoms with Crippen LogP contribution in [0.2, 0.25) is 0 Å². The van der Waals surface area contributed by atoms with Gasteiger partial charge in [-0.3, -0.25) is 0 Å². The SMILES string of the molecule is CN(C)c1ccc(/C=C/C2=CC(=C(C#N)C#N)C=C(/C=C/c3ccc(N4c5ccccc5Sc5ccccc54)cc3)O2)cc1. The summed E-state index contributed by atoms with van der Waals surface area (Å²) in [4.78, 5) is 6.78. The molecule has 0 saturated heterocycles. The Morgan fingerprint density at radius 2 is 1.18 bits per heavy atom. The second-order valence-electron chi connectivity index (χ2n) is 10.4. The van der Waals surface area contributed by atoms with Crippen molar-refractivity contribution in [3.63, 3.8) is 0 Å². The minimum absolute atomic E-state index is 0.0325. The fraction of sp³-hybridized carbons (Fsp3) is 0.0526. The number of allylic oxidation sites excluding steroid dienone is 6. The summed E-state index contributed by atoms with van der Waals surface area (Å²) in [6.07, 6.45) is 11.0. The van der Waals surface area contributed by atoms with Crippen molar-refractivity contribution in [2.45, 2.75) is 9.79 Å². The third-order valence-corrected chi connectivity index (χ3v) is 8.35. The molecule has 5 nitrogen and oxygen atoms in total. The standard InChI is InChI=1S/C38H28N4OS/c1-41(2)31-17-11-27(12-18-31)15-21-33-23-29(30(25-39)26-40)24-34(43-33)22-16-28-13-19-32(20-14-28)42-35-7-3-5-9-37(35)44-38-10-6-4-8-36(38)42/h3-24H,1-2H3/b21-15+,22-16+. The largest absolute Gasteiger partial charge is 0.457 e. The number of rotatable bonds is 6. The normalized spacial score (nSPS) is 13.7. The minimum atomic E-state index is 0.0325. The van der Waals surface area contributed by atoms with Crippen LogP contribution < -0.4 is 9.80 Å². The molecule has 0 bridgehead atoms. The summed E-state index contributed by atoms with van der Waals surface area (Å²) in [7, 11) is 4.01. The molecule has 0 saturated carbocycles. The molecule has 2 heterocycles. The third-order valence-electron chi connectivity index (χ3n) is 7.22. The Bertz CT molecular complexity index is 1890. The number of fused-ring (bicyclic) bond motifs is 2. The Morgan fingerprint density at radius 3 is 1.68 bits per heavy atom. The van der Waals surface area contributed by atoms with Crippen molar-refractivity contribution in [1.29, 1.82) is 10.5 Å². The fourth-order valence-electron chi connectivity index (χ4n) is 4.96. The van der Waals surface area contributed by atoms with E-state index >= 15 is 0 Å². The quantitative estimate of drug-likeness (QED) is 0.184. The molecule has 6 heteroatoms. The van der Waals surface area contributed by atoms with Gasteiger partial charge < -0.3 is 14.5 Å². The average molecular weight is 589 g/mol. The number of benzene rings is 4. The van der Waals surface area contributed by atoms with Gasteiger partial charge in [-0.1, -0.05) is 72.4 Å². The van der Waals surface area contributed by atoms with Crippen LogP contribution in [0.3, 0.4) is 0 Å². The summed E-state index contributed by atoms with van der Waals surface area (Å²) in [5.41, 5.74) is 7.05. The van der Waals surface area contributed by atoms with Gasteiger partial charge in [0.05, 0.1) is 11.4 Å². The van der Waals surface area contributed by atoms with Crippen molar-refractivity contribution < 1.29 is 4.74 Å². The second kappa shape index (κ2) is 12.7. The van der Waals surface area contributed by atoms with Crippen LogP contribution in [0.5, 0.6) is 0 Å². The maximum absolute atomic E-state index is 9.52. The van der Waals surface area contributed by atoms with Crippen LogP contribution in [-0.4, -0.2) is 14.1 Å². The first-order chi connectivity index (χ1) is 21.5. The molecule has 0 fully saturated rings. The number of hydrogen-bond donors (Lipinski definition) is 0. The van der Waals surface area contributed by atoms with E-state index in [0.717, 1.165) is 33.9 Å². The summed E-state index contributed by atoms with van der Waals surface area (Å²) >= 11 is 1.79. The lowest BCUT2D eigenvalue weighted by Crippen LogP contribution is -2.14. The van der Waals surface area contributed by atoms with E-state index < -0.39 is 0 Å². The van der Waals surface area contributed by atoms with Crippen LogP contribution in [0.15, 0.2) is 154 Å². The van der Waals surface area contributed by atoms with Gasteiger partial charge in [-0.2, -0.15) is 10.5 Å². The van der Waals surface area contributed by atoms with Gasteiger partial charge in [0.25, 0.3) is 0 Å². The van der Waals surface area contributed by atoms with E-state index in [0.29, 0.717) is 17.1 Å². The Balaban J connectivity index is 1.24. The molecule has 0 amide bonds. The Hall–Kier alpha value is -5.69. The maximum Gasteiger partial charge on any atom is 0.137 e. The first-order valence-corrected chi connectivity index (χ1v) is 14.9. The fourth-order valence-corrected chi connectivity index (χ4v) is 6.02. The van der Waals surface area contributed by atoms with E-state index in [2.05, 4.69) is 77.7 Å². The summed E-state index contributed by atoms with van der Waals surface area (Å²) in [5, 5.41) is 19.0. The van der Waals surface area contributed by atoms with Crippen LogP contribution in [-0.2, 0) is 4.74 Å². The van der Waals surface area contributed by atoms with Crippen LogP contribution in [0.25, 0.3) is 12.2 Å². The smallest absolute Gasteiger partial charge is 0.137 e. The van der Waals surface area contributed by atoms with E-state index in [1.165, 1.54) is 9.79 Å². The Morgan fingerprint density at radius 1 is 0.682 bits per heavy atom. The van der Waals surface area contributed by atoms with Crippen molar-refractivity contribution in [3.05, 3.63) is 155 Å². The first-order valence-electron chi connectivity index (χ1n) is 14.1. The van der Waals surface area contributed by atoms with E-state index in [9.17, 15) is 10.5 Å². The van der Waals surface area contributed by atoms with Gasteiger partial charge in [0.2, 0.25) is 0 Å². The lowest BCUT2D eigenvalue weighted by molar-refractivity contribution is 0.332. The maximum atomic E-state index is 9.52. The number of nitrogens with zero attached hydrogens (tertiary/aromatic N) is 4. The highest BCUT2D eigenvalue weighted by molar-refractivity contribution is 7.99. The minimum Gasteiger partial charge on any atom is -0.457 e. The lowest BCUT2D eigenvalue weighted by Gasteiger charge is -2.32. The molecule has 44 heavy (non-hydrogen) atoms. The molecule has 4 aromatic rings. The predicted molar refractivity (Wildman–Crippen MR) is 180 cm³/mol. The highest BCUT2D eigenvalue weighted by atomic mass is 32.2. The average Bonchev–Trinajstić information content (AvgIpc) is 3.06. The zero-order valence-corrected chi connectivity index (χ0v) is 25.1. The molecule has 0 aliphatic carbocycles. The van der Waals surface area contributed by atoms with Gasteiger partial charge in [-0.05, 0) is 84.0 Å². The number of ether oxygens (including phenoxy) is 1. The van der Waals surface area contributed by atoms with Crippen LogP contribution >= 0.6 is 11.8 Å². The highest BCUT2D eigenvalue weighted by Crippen LogP contribution is 2.51. The van der Waals surface area contributed by atoms with Crippen molar-refractivity contribution in [2.75, 3.05) is 23.9 Å². The van der Waals surface area contributed by atoms with Crippen LogP contribution in [0.4, 0.5) is 22.7 Å². The Kier molecular flexibility index (Phi) is 8.19. The summed E-state index contributed by atoms with van der Waals surface area (Å²) < 4.78 is 6.14. The molecule has 0 aromatic heterocycles. The molecule has 212 valence electrons. The topological polar surface area (TPSA) is 63.3 Å². The zero-order valence-electron chi connectivity index (χ0n) is 24.3. The van der Waals surface area contributed by atoms with Gasteiger partial charge in [0, 0.05) is 40.8 Å². The van der Waals surface area contributed by atoms with E-state index in [-0.39, 0.29) is 5.57 Å². The van der Waals surface area contributed by atoms with Crippen molar-refractivity contribution in [2.24, 2.45) is 0 Å². The number of hydrogen-bond acceptors (Lipinski definition) is 6. The third kappa shape index (κ3) is 6.08. The zero-order chi connectivity index (χ0) is 30.5. The molecule has 0 radical (unpaired) electrons. The molecule has 6 rings (SSSR count). The molecule has 0 N–H and O–H groups in total. The van der Waals surface area contributed by atoms with Gasteiger partial charge in [0.15, 0.2) is 0 Å². The van der Waals surface area contributed by atoms with Gasteiger partial charge in [-0.15, -0.1) is 0 Å². The summed E-state index contributed by atoms with van der Waals surface area (Å²) in [5.74, 6) is 1.07. The molecule has 4 aromatic carbocycles. The number of anilines is 4. The molecule has 0 atom stereocenters. The second-order valence-corrected chi connectivity index (χ2v) is 11.5. The summed E-state index contributed by atoms with van der Waals surface area (Å²) in [6, 6.07) is 37.4. The first kappa shape index (κ1) is 28.4. The number of nitriles is 2. The Labute approximate surface area is 262 Å². The molecule has 0 spiro atoms. The highest BCUT2D eigenvalue weighted by Gasteiger charge is 2.24. The van der Waals surface area contributed by atoms with Gasteiger partial charge in [0.1, 0.15) is 29.2 Å². The van der Waals surface area contributed by atoms with Crippen LogP contribution in [0, 0.1) is 22.7 Å². The van der Waals surface area contributed by atoms with E-state index in [1.54, 1.807) is 23.9 Å². The van der Waals surface area contributed by atoms with Crippen molar-refractivity contribution in [1.82, 2.24) is 0 Å². The van der Waals surface area contributed by atoms with Gasteiger partial charge in [-0.25, -0.2) is 0 Å². The summed E-state index contributed by atoms with van der Waals surface area (Å²) in [6.45, 7) is 0. The van der Waals surface area contributed by atoms with Crippen LogP contribution in [0.1, 0.15) is 11.1 Å². The van der Waals surface area contributed by atoms with Crippen molar-refractivity contribution >= 4 is 46.7 Å².